The average Bonchev–Trinajstić information content (AvgIpc) is 2.31. The largest absolute Gasteiger partial charge is 0.504 e. The Morgan fingerprint density at radius 3 is 2.65 bits per heavy atom. The fourth-order valence-electron chi connectivity index (χ4n) is 1.80. The van der Waals surface area contributed by atoms with Crippen LogP contribution < -0.4 is 4.74 Å². The molecule has 3 heteroatoms. The molecule has 0 heterocycles. The van der Waals surface area contributed by atoms with Crippen LogP contribution in [-0.2, 0) is 6.42 Å². The van der Waals surface area contributed by atoms with Gasteiger partial charge in [-0.2, -0.15) is 0 Å². The van der Waals surface area contributed by atoms with Crippen molar-refractivity contribution < 1.29 is 14.9 Å². The summed E-state index contributed by atoms with van der Waals surface area (Å²) in [4.78, 5) is 0. The van der Waals surface area contributed by atoms with E-state index in [0.29, 0.717) is 12.4 Å². The fourth-order valence-corrected chi connectivity index (χ4v) is 1.80. The molecule has 0 aliphatic heterocycles. The van der Waals surface area contributed by atoms with E-state index in [0.717, 1.165) is 31.2 Å². The Hall–Kier alpha value is -1.22. The molecule has 1 aromatic carbocycles. The van der Waals surface area contributed by atoms with E-state index >= 15 is 0 Å². The summed E-state index contributed by atoms with van der Waals surface area (Å²) in [6, 6.07) is 5.36. The van der Waals surface area contributed by atoms with Crippen LogP contribution in [0.3, 0.4) is 0 Å². The molecule has 96 valence electrons. The van der Waals surface area contributed by atoms with E-state index in [9.17, 15) is 10.2 Å². The van der Waals surface area contributed by atoms with Gasteiger partial charge in [-0.1, -0.05) is 19.4 Å². The second-order valence-electron chi connectivity index (χ2n) is 4.22. The van der Waals surface area contributed by atoms with Crippen molar-refractivity contribution in [2.45, 2.75) is 45.6 Å². The minimum Gasteiger partial charge on any atom is -0.504 e. The lowest BCUT2D eigenvalue weighted by Gasteiger charge is -2.11. The highest BCUT2D eigenvalue weighted by Crippen LogP contribution is 2.27. The first-order valence-electron chi connectivity index (χ1n) is 6.30. The molecule has 0 spiro atoms. The van der Waals surface area contributed by atoms with E-state index < -0.39 is 0 Å². The highest BCUT2D eigenvalue weighted by Gasteiger charge is 2.06. The Morgan fingerprint density at radius 2 is 2.00 bits per heavy atom. The lowest BCUT2D eigenvalue weighted by atomic mass is 10.0. The maximum atomic E-state index is 9.66. The number of benzene rings is 1. The molecule has 0 radical (unpaired) electrons. The van der Waals surface area contributed by atoms with Crippen LogP contribution in [0.5, 0.6) is 11.5 Å². The quantitative estimate of drug-likeness (QED) is 0.768. The second kappa shape index (κ2) is 7.17. The molecular formula is C14H22O3. The smallest absolute Gasteiger partial charge is 0.161 e. The number of phenols is 1. The monoisotopic (exact) mass is 238 g/mol. The first-order valence-corrected chi connectivity index (χ1v) is 6.30. The van der Waals surface area contributed by atoms with Crippen molar-refractivity contribution in [3.63, 3.8) is 0 Å². The maximum absolute atomic E-state index is 9.66. The van der Waals surface area contributed by atoms with Crippen molar-refractivity contribution in [1.29, 1.82) is 0 Å². The Labute approximate surface area is 103 Å². The summed E-state index contributed by atoms with van der Waals surface area (Å²) in [5.41, 5.74) is 1.08. The van der Waals surface area contributed by atoms with Crippen LogP contribution in [0.1, 0.15) is 38.7 Å². The van der Waals surface area contributed by atoms with Crippen molar-refractivity contribution >= 4 is 0 Å². The van der Waals surface area contributed by atoms with E-state index in [2.05, 4.69) is 6.92 Å². The third-order valence-electron chi connectivity index (χ3n) is 2.71. The molecule has 0 amide bonds. The Morgan fingerprint density at radius 1 is 1.24 bits per heavy atom. The van der Waals surface area contributed by atoms with Gasteiger partial charge in [-0.15, -0.1) is 0 Å². The number of hydrogen-bond acceptors (Lipinski definition) is 3. The van der Waals surface area contributed by atoms with Crippen molar-refractivity contribution in [3.8, 4) is 11.5 Å². The van der Waals surface area contributed by atoms with Crippen molar-refractivity contribution in [2.75, 3.05) is 6.61 Å². The molecule has 0 aliphatic carbocycles. The van der Waals surface area contributed by atoms with E-state index in [1.807, 2.05) is 19.1 Å². The number of aryl methyl sites for hydroxylation is 1. The van der Waals surface area contributed by atoms with Gasteiger partial charge in [0, 0.05) is 0 Å². The molecule has 0 saturated carbocycles. The van der Waals surface area contributed by atoms with Crippen LogP contribution in [0, 0.1) is 0 Å². The lowest BCUT2D eigenvalue weighted by molar-refractivity contribution is 0.154. The van der Waals surface area contributed by atoms with Gasteiger partial charge in [0.15, 0.2) is 11.5 Å². The van der Waals surface area contributed by atoms with Gasteiger partial charge in [0.2, 0.25) is 0 Å². The highest BCUT2D eigenvalue weighted by atomic mass is 16.5. The number of hydrogen-bond donors (Lipinski definition) is 2. The van der Waals surface area contributed by atoms with Crippen LogP contribution >= 0.6 is 0 Å². The van der Waals surface area contributed by atoms with E-state index in [-0.39, 0.29) is 11.9 Å². The van der Waals surface area contributed by atoms with Gasteiger partial charge in [0.1, 0.15) is 0 Å². The van der Waals surface area contributed by atoms with E-state index in [1.165, 1.54) is 0 Å². The predicted octanol–water partition coefficient (Wildman–Crippen LogP) is 2.88. The summed E-state index contributed by atoms with van der Waals surface area (Å²) < 4.78 is 5.32. The summed E-state index contributed by atoms with van der Waals surface area (Å²) >= 11 is 0. The molecule has 1 atom stereocenters. The molecule has 2 N–H and O–H groups in total. The van der Waals surface area contributed by atoms with Crippen molar-refractivity contribution in [2.24, 2.45) is 0 Å². The number of aliphatic hydroxyl groups excluding tert-OH is 1. The number of rotatable bonds is 7. The van der Waals surface area contributed by atoms with E-state index in [1.54, 1.807) is 6.07 Å². The Kier molecular flexibility index (Phi) is 5.84. The van der Waals surface area contributed by atoms with Crippen molar-refractivity contribution in [1.82, 2.24) is 0 Å². The van der Waals surface area contributed by atoms with Crippen molar-refractivity contribution in [3.05, 3.63) is 23.8 Å². The first-order chi connectivity index (χ1) is 8.17. The van der Waals surface area contributed by atoms with Crippen LogP contribution in [-0.4, -0.2) is 22.9 Å². The number of aliphatic hydroxyl groups is 1. The highest BCUT2D eigenvalue weighted by molar-refractivity contribution is 5.41. The Balaban J connectivity index is 2.56. The molecule has 0 aromatic heterocycles. The van der Waals surface area contributed by atoms with Gasteiger partial charge < -0.3 is 14.9 Å². The molecule has 17 heavy (non-hydrogen) atoms. The summed E-state index contributed by atoms with van der Waals surface area (Å²) in [7, 11) is 0. The first kappa shape index (κ1) is 13.8. The number of ether oxygens (including phenoxy) is 1. The summed E-state index contributed by atoms with van der Waals surface area (Å²) in [6.07, 6.45) is 3.17. The molecular weight excluding hydrogens is 216 g/mol. The van der Waals surface area contributed by atoms with Gasteiger partial charge in [0.05, 0.1) is 12.7 Å². The average molecular weight is 238 g/mol. The molecule has 0 bridgehead atoms. The molecule has 3 nitrogen and oxygen atoms in total. The second-order valence-corrected chi connectivity index (χ2v) is 4.22. The summed E-state index contributed by atoms with van der Waals surface area (Å²) in [5.74, 6) is 0.694. The van der Waals surface area contributed by atoms with Crippen LogP contribution in [0.4, 0.5) is 0 Å². The minimum absolute atomic E-state index is 0.171. The zero-order chi connectivity index (χ0) is 12.7. The molecule has 0 fully saturated rings. The van der Waals surface area contributed by atoms with Crippen LogP contribution in [0.2, 0.25) is 0 Å². The Bertz CT molecular complexity index is 336. The van der Waals surface area contributed by atoms with Gasteiger partial charge in [-0.25, -0.2) is 0 Å². The van der Waals surface area contributed by atoms with Gasteiger partial charge in [-0.05, 0) is 43.9 Å². The number of aromatic hydroxyl groups is 1. The van der Waals surface area contributed by atoms with Gasteiger partial charge in [-0.3, -0.25) is 0 Å². The normalized spacial score (nSPS) is 12.4. The molecule has 1 rings (SSSR count). The molecule has 1 unspecified atom stereocenters. The fraction of sp³-hybridized carbons (Fsp3) is 0.571. The third kappa shape index (κ3) is 4.65. The number of phenolic OH excluding ortho intramolecular Hbond substituents is 1. The van der Waals surface area contributed by atoms with Crippen LogP contribution in [0.25, 0.3) is 0 Å². The van der Waals surface area contributed by atoms with E-state index in [4.69, 9.17) is 4.74 Å². The third-order valence-corrected chi connectivity index (χ3v) is 2.71. The summed E-state index contributed by atoms with van der Waals surface area (Å²) in [5, 5.41) is 19.2. The lowest BCUT2D eigenvalue weighted by Crippen LogP contribution is -2.07. The topological polar surface area (TPSA) is 49.7 Å². The summed E-state index contributed by atoms with van der Waals surface area (Å²) in [6.45, 7) is 4.49. The zero-order valence-corrected chi connectivity index (χ0v) is 10.6. The molecule has 0 aliphatic rings. The minimum atomic E-state index is -0.232. The zero-order valence-electron chi connectivity index (χ0n) is 10.6. The standard InChI is InChI=1S/C14H22O3/c1-3-5-12(15)8-6-11-7-9-13(16)14(10-11)17-4-2/h7,9-10,12,15-16H,3-6,8H2,1-2H3. The molecule has 0 saturated heterocycles. The predicted molar refractivity (Wildman–Crippen MR) is 68.5 cm³/mol. The van der Waals surface area contributed by atoms with Crippen LogP contribution in [0.15, 0.2) is 18.2 Å². The maximum Gasteiger partial charge on any atom is 0.161 e. The van der Waals surface area contributed by atoms with Gasteiger partial charge >= 0.3 is 0 Å². The SMILES string of the molecule is CCCC(O)CCc1ccc(O)c(OCC)c1. The van der Waals surface area contributed by atoms with Gasteiger partial charge in [0.25, 0.3) is 0 Å². The molecule has 1 aromatic rings.